The summed E-state index contributed by atoms with van der Waals surface area (Å²) in [5.74, 6) is -0.465. The molecule has 2 aromatic carbocycles. The molecule has 8 heteroatoms. The molecule has 0 aliphatic rings. The van der Waals surface area contributed by atoms with E-state index in [1.807, 2.05) is 19.1 Å². The zero-order chi connectivity index (χ0) is 20.3. The van der Waals surface area contributed by atoms with Gasteiger partial charge in [-0.05, 0) is 61.4 Å². The average molecular weight is 416 g/mol. The first kappa shape index (κ1) is 19.9. The van der Waals surface area contributed by atoms with Crippen molar-refractivity contribution in [1.82, 2.24) is 4.98 Å². The van der Waals surface area contributed by atoms with Gasteiger partial charge >= 0.3 is 0 Å². The summed E-state index contributed by atoms with van der Waals surface area (Å²) in [6.45, 7) is 3.67. The SMILES string of the molecule is Cc1ccc(C)c(NS(=O)(=O)c2cc(C(=O)Nc3cccnc3)ccc2Cl)c1. The molecule has 1 aromatic heterocycles. The lowest BCUT2D eigenvalue weighted by molar-refractivity contribution is 0.102. The molecule has 0 unspecified atom stereocenters. The largest absolute Gasteiger partial charge is 0.321 e. The lowest BCUT2D eigenvalue weighted by Crippen LogP contribution is -2.17. The predicted molar refractivity (Wildman–Crippen MR) is 110 cm³/mol. The molecule has 6 nitrogen and oxygen atoms in total. The molecule has 3 aromatic rings. The highest BCUT2D eigenvalue weighted by atomic mass is 35.5. The minimum absolute atomic E-state index is 0.0238. The molecule has 0 saturated carbocycles. The Labute approximate surface area is 168 Å². The maximum atomic E-state index is 12.9. The Morgan fingerprint density at radius 1 is 1.07 bits per heavy atom. The Balaban J connectivity index is 1.92. The molecule has 28 heavy (non-hydrogen) atoms. The minimum Gasteiger partial charge on any atom is -0.321 e. The quantitative estimate of drug-likeness (QED) is 0.646. The molecule has 144 valence electrons. The van der Waals surface area contributed by atoms with Gasteiger partial charge in [0.25, 0.3) is 15.9 Å². The van der Waals surface area contributed by atoms with Gasteiger partial charge in [-0.25, -0.2) is 8.42 Å². The summed E-state index contributed by atoms with van der Waals surface area (Å²) in [4.78, 5) is 16.2. The van der Waals surface area contributed by atoms with Crippen molar-refractivity contribution in [3.63, 3.8) is 0 Å². The van der Waals surface area contributed by atoms with Crippen molar-refractivity contribution in [3.05, 3.63) is 82.6 Å². The maximum Gasteiger partial charge on any atom is 0.263 e. The molecule has 0 atom stereocenters. The smallest absolute Gasteiger partial charge is 0.263 e. The lowest BCUT2D eigenvalue weighted by atomic mass is 10.1. The molecule has 0 bridgehead atoms. The molecule has 0 spiro atoms. The van der Waals surface area contributed by atoms with Crippen molar-refractivity contribution in [1.29, 1.82) is 0 Å². The summed E-state index contributed by atoms with van der Waals surface area (Å²) in [6, 6.07) is 12.9. The van der Waals surface area contributed by atoms with Crippen LogP contribution in [0.25, 0.3) is 0 Å². The summed E-state index contributed by atoms with van der Waals surface area (Å²) in [5.41, 5.74) is 2.81. The van der Waals surface area contributed by atoms with Crippen LogP contribution in [0.15, 0.2) is 65.8 Å². The fourth-order valence-corrected chi connectivity index (χ4v) is 4.18. The van der Waals surface area contributed by atoms with E-state index in [1.54, 1.807) is 31.3 Å². The zero-order valence-corrected chi connectivity index (χ0v) is 16.8. The first-order valence-electron chi connectivity index (χ1n) is 8.37. The van der Waals surface area contributed by atoms with Gasteiger partial charge in [0.15, 0.2) is 0 Å². The topological polar surface area (TPSA) is 88.2 Å². The van der Waals surface area contributed by atoms with E-state index in [0.717, 1.165) is 11.1 Å². The van der Waals surface area contributed by atoms with E-state index in [1.165, 1.54) is 24.4 Å². The molecule has 1 amide bonds. The van der Waals surface area contributed by atoms with Crippen molar-refractivity contribution >= 4 is 38.9 Å². The molecule has 0 saturated heterocycles. The number of pyridine rings is 1. The Morgan fingerprint density at radius 3 is 2.57 bits per heavy atom. The summed E-state index contributed by atoms with van der Waals surface area (Å²) in [6.07, 6.45) is 3.08. The van der Waals surface area contributed by atoms with Gasteiger partial charge < -0.3 is 5.32 Å². The third-order valence-electron chi connectivity index (χ3n) is 4.04. The summed E-state index contributed by atoms with van der Waals surface area (Å²) < 4.78 is 28.3. The number of anilines is 2. The van der Waals surface area contributed by atoms with Crippen molar-refractivity contribution < 1.29 is 13.2 Å². The predicted octanol–water partition coefficient (Wildman–Crippen LogP) is 4.40. The normalized spacial score (nSPS) is 11.1. The zero-order valence-electron chi connectivity index (χ0n) is 15.2. The van der Waals surface area contributed by atoms with Crippen molar-refractivity contribution in [2.24, 2.45) is 0 Å². The summed E-state index contributed by atoms with van der Waals surface area (Å²) in [5, 5.41) is 2.69. The van der Waals surface area contributed by atoms with Crippen molar-refractivity contribution in [2.45, 2.75) is 18.7 Å². The Morgan fingerprint density at radius 2 is 1.86 bits per heavy atom. The van der Waals surface area contributed by atoms with Crippen LogP contribution in [-0.2, 0) is 10.0 Å². The van der Waals surface area contributed by atoms with Gasteiger partial charge in [0, 0.05) is 11.8 Å². The number of carbonyl (C=O) groups excluding carboxylic acids is 1. The molecule has 0 fully saturated rings. The number of sulfonamides is 1. The molecular formula is C20H18ClN3O3S. The molecule has 2 N–H and O–H groups in total. The van der Waals surface area contributed by atoms with E-state index in [-0.39, 0.29) is 15.5 Å². The third-order valence-corrected chi connectivity index (χ3v) is 5.89. The van der Waals surface area contributed by atoms with Crippen LogP contribution in [0.5, 0.6) is 0 Å². The van der Waals surface area contributed by atoms with E-state index in [2.05, 4.69) is 15.0 Å². The maximum absolute atomic E-state index is 12.9. The second kappa shape index (κ2) is 8.00. The number of benzene rings is 2. The Hall–Kier alpha value is -2.90. The van der Waals surface area contributed by atoms with Crippen LogP contribution in [0.2, 0.25) is 5.02 Å². The number of nitrogens with zero attached hydrogens (tertiary/aromatic N) is 1. The van der Waals surface area contributed by atoms with Crippen LogP contribution in [-0.4, -0.2) is 19.3 Å². The molecule has 3 rings (SSSR count). The highest BCUT2D eigenvalue weighted by Gasteiger charge is 2.21. The summed E-state index contributed by atoms with van der Waals surface area (Å²) >= 11 is 6.12. The monoisotopic (exact) mass is 415 g/mol. The van der Waals surface area contributed by atoms with E-state index in [4.69, 9.17) is 11.6 Å². The number of carbonyl (C=O) groups is 1. The van der Waals surface area contributed by atoms with E-state index in [9.17, 15) is 13.2 Å². The van der Waals surface area contributed by atoms with Crippen molar-refractivity contribution in [2.75, 3.05) is 10.0 Å². The van der Waals surface area contributed by atoms with Gasteiger partial charge in [-0.15, -0.1) is 0 Å². The van der Waals surface area contributed by atoms with Crippen LogP contribution < -0.4 is 10.0 Å². The molecular weight excluding hydrogens is 398 g/mol. The lowest BCUT2D eigenvalue weighted by Gasteiger charge is -2.13. The second-order valence-corrected chi connectivity index (χ2v) is 8.32. The second-order valence-electron chi connectivity index (χ2n) is 6.26. The first-order chi connectivity index (χ1) is 13.3. The van der Waals surface area contributed by atoms with Crippen LogP contribution >= 0.6 is 11.6 Å². The standard InChI is InChI=1S/C20H18ClN3O3S/c1-13-5-6-14(2)18(10-13)24-28(26,27)19-11-15(7-8-17(19)21)20(25)23-16-4-3-9-22-12-16/h3-12,24H,1-2H3,(H,23,25). The van der Waals surface area contributed by atoms with Crippen LogP contribution in [0.4, 0.5) is 11.4 Å². The fourth-order valence-electron chi connectivity index (χ4n) is 2.54. The highest BCUT2D eigenvalue weighted by molar-refractivity contribution is 7.92. The van der Waals surface area contributed by atoms with Gasteiger partial charge in [-0.1, -0.05) is 23.7 Å². The first-order valence-corrected chi connectivity index (χ1v) is 10.2. The minimum atomic E-state index is -3.99. The Kier molecular flexibility index (Phi) is 5.67. The molecule has 1 heterocycles. The van der Waals surface area contributed by atoms with E-state index < -0.39 is 15.9 Å². The van der Waals surface area contributed by atoms with Gasteiger partial charge in [-0.3, -0.25) is 14.5 Å². The van der Waals surface area contributed by atoms with E-state index >= 15 is 0 Å². The molecule has 0 aliphatic heterocycles. The van der Waals surface area contributed by atoms with E-state index in [0.29, 0.717) is 11.4 Å². The number of halogens is 1. The molecule has 0 aliphatic carbocycles. The number of hydrogen-bond donors (Lipinski definition) is 2. The van der Waals surface area contributed by atoms with Crippen LogP contribution in [0, 0.1) is 13.8 Å². The number of hydrogen-bond acceptors (Lipinski definition) is 4. The van der Waals surface area contributed by atoms with Gasteiger partial charge in [0.2, 0.25) is 0 Å². The molecule has 0 radical (unpaired) electrons. The average Bonchev–Trinajstić information content (AvgIpc) is 2.65. The summed E-state index contributed by atoms with van der Waals surface area (Å²) in [7, 11) is -3.99. The van der Waals surface area contributed by atoms with Gasteiger partial charge in [-0.2, -0.15) is 0 Å². The number of rotatable bonds is 5. The number of nitrogens with one attached hydrogen (secondary N) is 2. The highest BCUT2D eigenvalue weighted by Crippen LogP contribution is 2.27. The number of aromatic nitrogens is 1. The van der Waals surface area contributed by atoms with Crippen LogP contribution in [0.1, 0.15) is 21.5 Å². The van der Waals surface area contributed by atoms with Gasteiger partial charge in [0.1, 0.15) is 4.90 Å². The van der Waals surface area contributed by atoms with Crippen molar-refractivity contribution in [3.8, 4) is 0 Å². The fraction of sp³-hybridized carbons (Fsp3) is 0.100. The number of amides is 1. The number of aryl methyl sites for hydroxylation is 2. The Bertz CT molecular complexity index is 1130. The van der Waals surface area contributed by atoms with Gasteiger partial charge in [0.05, 0.1) is 22.6 Å². The van der Waals surface area contributed by atoms with Crippen LogP contribution in [0.3, 0.4) is 0 Å². The third kappa shape index (κ3) is 4.49.